The first-order chi connectivity index (χ1) is 14.9. The molecule has 0 saturated carbocycles. The number of rotatable bonds is 6. The van der Waals surface area contributed by atoms with Gasteiger partial charge in [-0.2, -0.15) is 0 Å². The highest BCUT2D eigenvalue weighted by Crippen LogP contribution is 2.52. The molecule has 6 nitrogen and oxygen atoms in total. The molecule has 4 rings (SSSR count). The van der Waals surface area contributed by atoms with E-state index in [2.05, 4.69) is 34.5 Å². The summed E-state index contributed by atoms with van der Waals surface area (Å²) in [6.45, 7) is 4.86. The Morgan fingerprint density at radius 3 is 2.61 bits per heavy atom. The normalized spacial score (nSPS) is 19.6. The van der Waals surface area contributed by atoms with Crippen LogP contribution in [0.1, 0.15) is 58.8 Å². The Morgan fingerprint density at radius 2 is 1.94 bits per heavy atom. The molecule has 6 heteroatoms. The van der Waals surface area contributed by atoms with Crippen molar-refractivity contribution in [2.24, 2.45) is 0 Å². The number of furan rings is 1. The van der Waals surface area contributed by atoms with Gasteiger partial charge in [-0.25, -0.2) is 0 Å². The van der Waals surface area contributed by atoms with E-state index in [1.165, 1.54) is 11.1 Å². The zero-order valence-corrected chi connectivity index (χ0v) is 18.8. The summed E-state index contributed by atoms with van der Waals surface area (Å²) < 4.78 is 5.42. The zero-order valence-electron chi connectivity index (χ0n) is 18.8. The second kappa shape index (κ2) is 8.87. The molecule has 1 aliphatic carbocycles. The highest BCUT2D eigenvalue weighted by molar-refractivity contribution is 5.93. The van der Waals surface area contributed by atoms with Gasteiger partial charge in [0.25, 0.3) is 5.91 Å². The van der Waals surface area contributed by atoms with E-state index in [0.717, 1.165) is 44.5 Å². The van der Waals surface area contributed by atoms with Crippen LogP contribution < -0.4 is 5.32 Å². The first-order valence-electron chi connectivity index (χ1n) is 11.2. The van der Waals surface area contributed by atoms with Gasteiger partial charge in [0.2, 0.25) is 5.91 Å². The number of likely N-dealkylation sites (tertiary alicyclic amines) is 1. The van der Waals surface area contributed by atoms with E-state index in [0.29, 0.717) is 18.7 Å². The summed E-state index contributed by atoms with van der Waals surface area (Å²) in [7, 11) is 4.01. The van der Waals surface area contributed by atoms with Crippen LogP contribution in [0.3, 0.4) is 0 Å². The van der Waals surface area contributed by atoms with Crippen LogP contribution in [-0.4, -0.2) is 61.9 Å². The third-order valence-electron chi connectivity index (χ3n) is 6.99. The van der Waals surface area contributed by atoms with Crippen LogP contribution in [0.2, 0.25) is 0 Å². The lowest BCUT2D eigenvalue weighted by atomic mass is 9.73. The average molecular weight is 424 g/mol. The monoisotopic (exact) mass is 423 g/mol. The number of carbonyl (C=O) groups is 2. The van der Waals surface area contributed by atoms with Gasteiger partial charge < -0.3 is 19.5 Å². The number of hydrogen-bond donors (Lipinski definition) is 1. The standard InChI is InChI=1S/C25H33N3O3/c1-18-8-15-31-23(18)24(30)28-12-9-25(10-13-28)17-19(20-6-4-5-7-21(20)25)16-22(29)26-11-14-27(2)3/h4-8,15,19H,9-14,16-17H2,1-3H3,(H,26,29). The number of amides is 2. The molecule has 1 aromatic carbocycles. The SMILES string of the molecule is Cc1ccoc1C(=O)N1CCC2(CC1)CC(CC(=O)NCCN(C)C)c1ccccc12. The van der Waals surface area contributed by atoms with Crippen molar-refractivity contribution in [1.29, 1.82) is 0 Å². The third kappa shape index (κ3) is 4.40. The molecule has 2 amide bonds. The Balaban J connectivity index is 1.43. The molecule has 1 fully saturated rings. The van der Waals surface area contributed by atoms with E-state index in [1.807, 2.05) is 32.0 Å². The molecular weight excluding hydrogens is 390 g/mol. The van der Waals surface area contributed by atoms with Gasteiger partial charge in [0, 0.05) is 38.2 Å². The number of benzene rings is 1. The van der Waals surface area contributed by atoms with Gasteiger partial charge >= 0.3 is 0 Å². The van der Waals surface area contributed by atoms with Crippen LogP contribution in [0.25, 0.3) is 0 Å². The van der Waals surface area contributed by atoms with Gasteiger partial charge in [-0.05, 0) is 68.8 Å². The van der Waals surface area contributed by atoms with E-state index in [1.54, 1.807) is 6.26 Å². The van der Waals surface area contributed by atoms with Crippen molar-refractivity contribution in [2.45, 2.75) is 43.9 Å². The molecule has 1 aromatic heterocycles. The second-order valence-corrected chi connectivity index (χ2v) is 9.35. The molecular formula is C25H33N3O3. The third-order valence-corrected chi connectivity index (χ3v) is 6.99. The highest BCUT2D eigenvalue weighted by atomic mass is 16.3. The van der Waals surface area contributed by atoms with E-state index in [-0.39, 0.29) is 23.1 Å². The van der Waals surface area contributed by atoms with Gasteiger partial charge in [0.1, 0.15) is 0 Å². The fourth-order valence-electron chi connectivity index (χ4n) is 5.27. The molecule has 1 spiro atoms. The molecule has 1 saturated heterocycles. The van der Waals surface area contributed by atoms with Crippen LogP contribution in [0.4, 0.5) is 0 Å². The van der Waals surface area contributed by atoms with E-state index in [4.69, 9.17) is 4.42 Å². The van der Waals surface area contributed by atoms with E-state index in [9.17, 15) is 9.59 Å². The lowest BCUT2D eigenvalue weighted by Gasteiger charge is -2.40. The largest absolute Gasteiger partial charge is 0.459 e. The minimum atomic E-state index is -0.0135. The number of fused-ring (bicyclic) bond motifs is 2. The molecule has 166 valence electrons. The summed E-state index contributed by atoms with van der Waals surface area (Å²) in [6, 6.07) is 10.4. The van der Waals surface area contributed by atoms with Gasteiger partial charge in [-0.1, -0.05) is 24.3 Å². The quantitative estimate of drug-likeness (QED) is 0.774. The lowest BCUT2D eigenvalue weighted by Crippen LogP contribution is -2.44. The van der Waals surface area contributed by atoms with Crippen molar-refractivity contribution < 1.29 is 14.0 Å². The summed E-state index contributed by atoms with van der Waals surface area (Å²) in [5, 5.41) is 3.06. The Morgan fingerprint density at radius 1 is 1.19 bits per heavy atom. The van der Waals surface area contributed by atoms with Gasteiger partial charge in [-0.3, -0.25) is 9.59 Å². The van der Waals surface area contributed by atoms with Crippen LogP contribution in [0.5, 0.6) is 0 Å². The Bertz CT molecular complexity index is 941. The number of hydrogen-bond acceptors (Lipinski definition) is 4. The predicted octanol–water partition coefficient (Wildman–Crippen LogP) is 3.32. The Hall–Kier alpha value is -2.60. The molecule has 2 aliphatic rings. The van der Waals surface area contributed by atoms with Crippen LogP contribution in [0, 0.1) is 6.92 Å². The summed E-state index contributed by atoms with van der Waals surface area (Å²) in [5.74, 6) is 0.806. The highest BCUT2D eigenvalue weighted by Gasteiger charge is 2.46. The molecule has 2 aromatic rings. The molecule has 2 heterocycles. The average Bonchev–Trinajstić information content (AvgIpc) is 3.30. The molecule has 0 radical (unpaired) electrons. The smallest absolute Gasteiger partial charge is 0.289 e. The van der Waals surface area contributed by atoms with Crippen molar-refractivity contribution in [1.82, 2.24) is 15.1 Å². The second-order valence-electron chi connectivity index (χ2n) is 9.35. The maximum absolute atomic E-state index is 12.9. The van der Waals surface area contributed by atoms with Gasteiger partial charge in [-0.15, -0.1) is 0 Å². The summed E-state index contributed by atoms with van der Waals surface area (Å²) in [5.41, 5.74) is 3.63. The number of aryl methyl sites for hydroxylation is 1. The maximum Gasteiger partial charge on any atom is 0.289 e. The first kappa shape index (κ1) is 21.6. The fourth-order valence-corrected chi connectivity index (χ4v) is 5.27. The number of carbonyl (C=O) groups excluding carboxylic acids is 2. The Labute approximate surface area is 184 Å². The summed E-state index contributed by atoms with van der Waals surface area (Å²) >= 11 is 0. The molecule has 0 bridgehead atoms. The molecule has 1 unspecified atom stereocenters. The van der Waals surface area contributed by atoms with E-state index < -0.39 is 0 Å². The van der Waals surface area contributed by atoms with Crippen LogP contribution in [-0.2, 0) is 10.2 Å². The summed E-state index contributed by atoms with van der Waals surface area (Å²) in [6.07, 6.45) is 4.94. The molecule has 1 N–H and O–H groups in total. The van der Waals surface area contributed by atoms with E-state index >= 15 is 0 Å². The van der Waals surface area contributed by atoms with Crippen molar-refractivity contribution in [2.75, 3.05) is 40.3 Å². The molecule has 1 atom stereocenters. The summed E-state index contributed by atoms with van der Waals surface area (Å²) in [4.78, 5) is 29.4. The van der Waals surface area contributed by atoms with Crippen molar-refractivity contribution in [3.63, 3.8) is 0 Å². The van der Waals surface area contributed by atoms with Crippen molar-refractivity contribution in [3.8, 4) is 0 Å². The van der Waals surface area contributed by atoms with Gasteiger partial charge in [0.15, 0.2) is 5.76 Å². The minimum Gasteiger partial charge on any atom is -0.459 e. The Kier molecular flexibility index (Phi) is 6.19. The topological polar surface area (TPSA) is 65.8 Å². The fraction of sp³-hybridized carbons (Fsp3) is 0.520. The minimum absolute atomic E-state index is 0.0135. The molecule has 31 heavy (non-hydrogen) atoms. The first-order valence-corrected chi connectivity index (χ1v) is 11.2. The lowest BCUT2D eigenvalue weighted by molar-refractivity contribution is -0.121. The number of piperidine rings is 1. The van der Waals surface area contributed by atoms with Crippen molar-refractivity contribution in [3.05, 3.63) is 59.0 Å². The van der Waals surface area contributed by atoms with Gasteiger partial charge in [0.05, 0.1) is 6.26 Å². The van der Waals surface area contributed by atoms with Crippen molar-refractivity contribution >= 4 is 11.8 Å². The van der Waals surface area contributed by atoms with Crippen LogP contribution >= 0.6 is 0 Å². The maximum atomic E-state index is 12.9. The number of likely N-dealkylation sites (N-methyl/N-ethyl adjacent to an activating group) is 1. The number of nitrogens with zero attached hydrogens (tertiary/aromatic N) is 2. The zero-order chi connectivity index (χ0) is 22.0. The van der Waals surface area contributed by atoms with Crippen LogP contribution in [0.15, 0.2) is 41.0 Å². The molecule has 1 aliphatic heterocycles. The predicted molar refractivity (Wildman–Crippen MR) is 120 cm³/mol. The number of nitrogens with one attached hydrogen (secondary N) is 1.